The fraction of sp³-hybridized carbons (Fsp3) is 0.200. The molecule has 3 aromatic carbocycles. The molecule has 4 aromatic rings. The maximum Gasteiger partial charge on any atom is 0.305 e. The van der Waals surface area contributed by atoms with Crippen molar-refractivity contribution >= 4 is 52.2 Å². The van der Waals surface area contributed by atoms with Gasteiger partial charge in [-0.1, -0.05) is 29.2 Å². The Morgan fingerprint density at radius 1 is 0.953 bits per heavy atom. The first-order valence-corrected chi connectivity index (χ1v) is 14.7. The van der Waals surface area contributed by atoms with E-state index in [1.165, 1.54) is 55.1 Å². The summed E-state index contributed by atoms with van der Waals surface area (Å²) in [7, 11) is 2.98. The van der Waals surface area contributed by atoms with Crippen molar-refractivity contribution in [2.75, 3.05) is 31.0 Å². The molecule has 1 saturated heterocycles. The van der Waals surface area contributed by atoms with Gasteiger partial charge in [0.2, 0.25) is 11.8 Å². The number of nitrogens with one attached hydrogen (secondary N) is 2. The third kappa shape index (κ3) is 5.37. The standard InChI is InChI=1S/C30H24FN3O7S2/c1-39-19-10-8-18(9-11-19)34-28(36)24-23(25-27(33-30(38)43-25)42-26(24)29(34)37)15-3-12-20(21(13-15)40-2)41-14-22(35)32-17-6-4-16(31)5-7-17/h3-13,23-24,26H,14H2,1-2H3,(H,32,35)(H,33,38)/t23-,24-,26+/m0/s1. The molecule has 43 heavy (non-hydrogen) atoms. The number of nitrogens with zero attached hydrogens (tertiary/aromatic N) is 1. The minimum atomic E-state index is -0.781. The Balaban J connectivity index is 1.29. The molecule has 3 atom stereocenters. The second kappa shape index (κ2) is 11.6. The van der Waals surface area contributed by atoms with E-state index in [0.29, 0.717) is 38.3 Å². The number of fused-ring (bicyclic) bond motifs is 2. The van der Waals surface area contributed by atoms with Gasteiger partial charge in [0.1, 0.15) is 16.8 Å². The van der Waals surface area contributed by atoms with Crippen LogP contribution in [0, 0.1) is 11.7 Å². The first-order chi connectivity index (χ1) is 20.8. The summed E-state index contributed by atoms with van der Waals surface area (Å²) in [5.74, 6) is -1.85. The number of hydrogen-bond acceptors (Lipinski definition) is 9. The number of imide groups is 1. The number of carbonyl (C=O) groups excluding carboxylic acids is 3. The molecule has 2 aliphatic heterocycles. The van der Waals surface area contributed by atoms with Crippen LogP contribution in [-0.4, -0.2) is 48.8 Å². The number of thiazole rings is 1. The van der Waals surface area contributed by atoms with Crippen molar-refractivity contribution in [3.63, 3.8) is 0 Å². The van der Waals surface area contributed by atoms with E-state index in [1.807, 2.05) is 0 Å². The molecule has 1 aromatic heterocycles. The largest absolute Gasteiger partial charge is 0.497 e. The van der Waals surface area contributed by atoms with E-state index >= 15 is 0 Å². The van der Waals surface area contributed by atoms with E-state index in [1.54, 1.807) is 42.5 Å². The van der Waals surface area contributed by atoms with Crippen LogP contribution >= 0.6 is 23.1 Å². The molecule has 1 fully saturated rings. The minimum absolute atomic E-state index is 0.276. The summed E-state index contributed by atoms with van der Waals surface area (Å²) in [6.07, 6.45) is 0. The Morgan fingerprint density at radius 2 is 1.70 bits per heavy atom. The van der Waals surface area contributed by atoms with E-state index in [4.69, 9.17) is 14.2 Å². The van der Waals surface area contributed by atoms with Gasteiger partial charge in [-0.15, -0.1) is 0 Å². The lowest BCUT2D eigenvalue weighted by Gasteiger charge is -2.30. The molecule has 0 aliphatic carbocycles. The summed E-state index contributed by atoms with van der Waals surface area (Å²) in [5.41, 5.74) is 1.49. The van der Waals surface area contributed by atoms with Gasteiger partial charge in [-0.25, -0.2) is 9.29 Å². The second-order valence-corrected chi connectivity index (χ2v) is 11.9. The number of carbonyl (C=O) groups is 3. The summed E-state index contributed by atoms with van der Waals surface area (Å²) in [4.78, 5) is 56.8. The highest BCUT2D eigenvalue weighted by Crippen LogP contribution is 2.53. The zero-order chi connectivity index (χ0) is 30.2. The highest BCUT2D eigenvalue weighted by atomic mass is 32.2. The quantitative estimate of drug-likeness (QED) is 0.277. The molecule has 6 rings (SSSR count). The van der Waals surface area contributed by atoms with E-state index in [0.717, 1.165) is 11.3 Å². The van der Waals surface area contributed by atoms with Crippen molar-refractivity contribution in [2.24, 2.45) is 5.92 Å². The molecule has 10 nitrogen and oxygen atoms in total. The lowest BCUT2D eigenvalue weighted by molar-refractivity contribution is -0.122. The summed E-state index contributed by atoms with van der Waals surface area (Å²) < 4.78 is 29.6. The number of aromatic nitrogens is 1. The molecule has 220 valence electrons. The topological polar surface area (TPSA) is 127 Å². The molecule has 0 bridgehead atoms. The van der Waals surface area contributed by atoms with Crippen LogP contribution in [0.4, 0.5) is 15.8 Å². The number of H-pyrrole nitrogens is 1. The molecular weight excluding hydrogens is 597 g/mol. The van der Waals surface area contributed by atoms with Crippen LogP contribution < -0.4 is 29.3 Å². The number of rotatable bonds is 8. The van der Waals surface area contributed by atoms with Gasteiger partial charge in [0.15, 0.2) is 18.1 Å². The fourth-order valence-corrected chi connectivity index (χ4v) is 7.75. The van der Waals surface area contributed by atoms with Gasteiger partial charge >= 0.3 is 4.87 Å². The van der Waals surface area contributed by atoms with E-state index < -0.39 is 28.8 Å². The van der Waals surface area contributed by atoms with Gasteiger partial charge in [-0.3, -0.25) is 19.2 Å². The molecule has 0 unspecified atom stereocenters. The van der Waals surface area contributed by atoms with Gasteiger partial charge in [0.05, 0.1) is 30.9 Å². The zero-order valence-corrected chi connectivity index (χ0v) is 24.4. The summed E-state index contributed by atoms with van der Waals surface area (Å²) in [6, 6.07) is 17.1. The van der Waals surface area contributed by atoms with Crippen LogP contribution in [0.25, 0.3) is 0 Å². The van der Waals surface area contributed by atoms with Crippen molar-refractivity contribution in [1.82, 2.24) is 4.98 Å². The predicted molar refractivity (Wildman–Crippen MR) is 159 cm³/mol. The molecule has 3 amide bonds. The van der Waals surface area contributed by atoms with Gasteiger partial charge in [-0.05, 0) is 66.2 Å². The number of aromatic amines is 1. The number of anilines is 2. The number of ether oxygens (including phenoxy) is 3. The number of benzene rings is 3. The summed E-state index contributed by atoms with van der Waals surface area (Å²) in [5, 5.41) is 2.42. The number of methoxy groups -OCH3 is 2. The van der Waals surface area contributed by atoms with Crippen molar-refractivity contribution in [3.05, 3.63) is 92.7 Å². The number of hydrogen-bond donors (Lipinski definition) is 2. The molecule has 0 spiro atoms. The Labute approximate surface area is 252 Å². The van der Waals surface area contributed by atoms with Crippen molar-refractivity contribution in [3.8, 4) is 17.2 Å². The molecule has 3 heterocycles. The Bertz CT molecular complexity index is 1770. The van der Waals surface area contributed by atoms with Gasteiger partial charge in [0.25, 0.3) is 5.91 Å². The molecule has 2 N–H and O–H groups in total. The second-order valence-electron chi connectivity index (χ2n) is 9.71. The first kappa shape index (κ1) is 28.5. The smallest absolute Gasteiger partial charge is 0.305 e. The third-order valence-electron chi connectivity index (χ3n) is 7.19. The van der Waals surface area contributed by atoms with Gasteiger partial charge < -0.3 is 24.5 Å². The first-order valence-electron chi connectivity index (χ1n) is 13.0. The van der Waals surface area contributed by atoms with Crippen LogP contribution in [0.1, 0.15) is 16.4 Å². The molecule has 13 heteroatoms. The summed E-state index contributed by atoms with van der Waals surface area (Å²) in [6.45, 7) is -0.342. The zero-order valence-electron chi connectivity index (χ0n) is 22.8. The van der Waals surface area contributed by atoms with Crippen LogP contribution in [-0.2, 0) is 14.4 Å². The highest BCUT2D eigenvalue weighted by molar-refractivity contribution is 8.00. The number of halogens is 1. The van der Waals surface area contributed by atoms with E-state index in [2.05, 4.69) is 10.3 Å². The van der Waals surface area contributed by atoms with E-state index in [9.17, 15) is 23.6 Å². The Kier molecular flexibility index (Phi) is 7.67. The van der Waals surface area contributed by atoms with Gasteiger partial charge in [0, 0.05) is 16.5 Å². The van der Waals surface area contributed by atoms with Crippen molar-refractivity contribution in [2.45, 2.75) is 16.2 Å². The molecule has 0 saturated carbocycles. The number of amides is 3. The minimum Gasteiger partial charge on any atom is -0.497 e. The van der Waals surface area contributed by atoms with Gasteiger partial charge in [-0.2, -0.15) is 0 Å². The SMILES string of the molecule is COc1ccc(N2C(=O)[C@H]3[C@H](c4ccc(OCC(=O)Nc5ccc(F)cc5)c(OC)c4)c4sc(=O)[nH]c4S[C@H]3C2=O)cc1. The Morgan fingerprint density at radius 3 is 2.40 bits per heavy atom. The van der Waals surface area contributed by atoms with Crippen LogP contribution in [0.2, 0.25) is 0 Å². The van der Waals surface area contributed by atoms with E-state index in [-0.39, 0.29) is 29.0 Å². The van der Waals surface area contributed by atoms with Crippen LogP contribution in [0.3, 0.4) is 0 Å². The average molecular weight is 622 g/mol. The Hall–Kier alpha value is -4.62. The van der Waals surface area contributed by atoms with Crippen LogP contribution in [0.15, 0.2) is 76.6 Å². The lowest BCUT2D eigenvalue weighted by Crippen LogP contribution is -2.32. The predicted octanol–water partition coefficient (Wildman–Crippen LogP) is 4.41. The normalized spacial score (nSPS) is 19.0. The van der Waals surface area contributed by atoms with Crippen LogP contribution in [0.5, 0.6) is 17.2 Å². The summed E-state index contributed by atoms with van der Waals surface area (Å²) >= 11 is 2.19. The molecular formula is C30H24FN3O7S2. The lowest BCUT2D eigenvalue weighted by atomic mass is 9.83. The maximum absolute atomic E-state index is 13.9. The fourth-order valence-electron chi connectivity index (χ4n) is 5.23. The third-order valence-corrected chi connectivity index (χ3v) is 9.59. The maximum atomic E-state index is 13.9. The molecule has 0 radical (unpaired) electrons. The van der Waals surface area contributed by atoms with Crippen molar-refractivity contribution in [1.29, 1.82) is 0 Å². The highest BCUT2D eigenvalue weighted by Gasteiger charge is 2.56. The van der Waals surface area contributed by atoms with Crippen molar-refractivity contribution < 1.29 is 33.0 Å². The molecule has 2 aliphatic rings. The monoisotopic (exact) mass is 621 g/mol. The number of thioether (sulfide) groups is 1. The average Bonchev–Trinajstić information content (AvgIpc) is 3.51.